The van der Waals surface area contributed by atoms with E-state index in [1.807, 2.05) is 13.8 Å². The van der Waals surface area contributed by atoms with Crippen molar-refractivity contribution < 1.29 is 19.1 Å². The van der Waals surface area contributed by atoms with Gasteiger partial charge in [-0.1, -0.05) is 6.92 Å². The third-order valence-corrected chi connectivity index (χ3v) is 1.58. The normalized spacial score (nSPS) is 10.8. The molecule has 0 aromatic carbocycles. The van der Waals surface area contributed by atoms with Crippen molar-refractivity contribution in [3.05, 3.63) is 11.8 Å². The van der Waals surface area contributed by atoms with Crippen LogP contribution in [0.5, 0.6) is 0 Å². The monoisotopic (exact) mass is 229 g/mol. The van der Waals surface area contributed by atoms with Crippen LogP contribution in [-0.4, -0.2) is 31.7 Å². The molecule has 0 radical (unpaired) electrons. The van der Waals surface area contributed by atoms with Crippen LogP contribution in [0, 0.1) is 0 Å². The molecule has 0 aliphatic carbocycles. The molecule has 0 aromatic heterocycles. The van der Waals surface area contributed by atoms with Gasteiger partial charge in [0.2, 0.25) is 0 Å². The summed E-state index contributed by atoms with van der Waals surface area (Å²) in [6.07, 6.45) is 2.09. The lowest BCUT2D eigenvalue weighted by atomic mass is 10.4. The molecule has 0 fully saturated rings. The van der Waals surface area contributed by atoms with Crippen LogP contribution >= 0.6 is 0 Å². The van der Waals surface area contributed by atoms with E-state index in [1.165, 1.54) is 13.0 Å². The first-order chi connectivity index (χ1) is 7.60. The molecule has 0 heterocycles. The minimum Gasteiger partial charge on any atom is -0.462 e. The molecule has 0 amide bonds. The fourth-order valence-corrected chi connectivity index (χ4v) is 0.937. The van der Waals surface area contributed by atoms with Crippen LogP contribution in [0.3, 0.4) is 0 Å². The van der Waals surface area contributed by atoms with Crippen molar-refractivity contribution in [2.24, 2.45) is 0 Å². The molecule has 0 saturated heterocycles. The fraction of sp³-hybridized carbons (Fsp3) is 0.636. The van der Waals surface area contributed by atoms with Crippen molar-refractivity contribution in [3.8, 4) is 0 Å². The van der Waals surface area contributed by atoms with Gasteiger partial charge in [-0.2, -0.15) is 0 Å². The molecule has 1 N–H and O–H groups in total. The Balaban J connectivity index is 4.20. The molecule has 0 bridgehead atoms. The van der Waals surface area contributed by atoms with Gasteiger partial charge in [0.25, 0.3) is 0 Å². The van der Waals surface area contributed by atoms with Crippen LogP contribution in [0.25, 0.3) is 0 Å². The van der Waals surface area contributed by atoms with Crippen LogP contribution in [0.15, 0.2) is 11.8 Å². The summed E-state index contributed by atoms with van der Waals surface area (Å²) < 4.78 is 9.66. The maximum absolute atomic E-state index is 11.3. The Morgan fingerprint density at radius 1 is 1.25 bits per heavy atom. The van der Waals surface area contributed by atoms with Crippen LogP contribution < -0.4 is 5.32 Å². The Morgan fingerprint density at radius 3 is 2.44 bits per heavy atom. The molecule has 0 rings (SSSR count). The maximum Gasteiger partial charge on any atom is 0.332 e. The molecule has 5 heteroatoms. The molecular formula is C11H19NO4. The summed E-state index contributed by atoms with van der Waals surface area (Å²) in [6.45, 7) is 6.22. The number of rotatable bonds is 7. The Kier molecular flexibility index (Phi) is 7.93. The first-order valence-electron chi connectivity index (χ1n) is 5.34. The molecule has 0 aromatic rings. The molecule has 92 valence electrons. The highest BCUT2D eigenvalue weighted by Gasteiger charge is 2.03. The van der Waals surface area contributed by atoms with Gasteiger partial charge in [-0.25, -0.2) is 4.79 Å². The van der Waals surface area contributed by atoms with E-state index in [0.29, 0.717) is 18.8 Å². The molecule has 0 atom stereocenters. The highest BCUT2D eigenvalue weighted by atomic mass is 16.5. The molecule has 0 aliphatic rings. The zero-order valence-corrected chi connectivity index (χ0v) is 10.0. The van der Waals surface area contributed by atoms with Gasteiger partial charge in [-0.15, -0.1) is 0 Å². The topological polar surface area (TPSA) is 64.6 Å². The van der Waals surface area contributed by atoms with E-state index in [-0.39, 0.29) is 12.6 Å². The van der Waals surface area contributed by atoms with E-state index in [2.05, 4.69) is 5.32 Å². The van der Waals surface area contributed by atoms with Crippen molar-refractivity contribution in [2.45, 2.75) is 27.2 Å². The highest BCUT2D eigenvalue weighted by molar-refractivity contribution is 5.82. The van der Waals surface area contributed by atoms with Crippen molar-refractivity contribution >= 4 is 11.9 Å². The molecular weight excluding hydrogens is 210 g/mol. The third kappa shape index (κ3) is 7.84. The summed E-state index contributed by atoms with van der Waals surface area (Å²) in [5.74, 6) is -0.810. The summed E-state index contributed by atoms with van der Waals surface area (Å²) in [5, 5.41) is 2.93. The smallest absolute Gasteiger partial charge is 0.332 e. The average Bonchev–Trinajstić information content (AvgIpc) is 2.23. The molecule has 0 saturated carbocycles. The van der Waals surface area contributed by atoms with Crippen molar-refractivity contribution in [2.75, 3.05) is 19.8 Å². The Labute approximate surface area is 95.8 Å². The van der Waals surface area contributed by atoms with Gasteiger partial charge >= 0.3 is 11.9 Å². The van der Waals surface area contributed by atoms with Gasteiger partial charge in [0.15, 0.2) is 0 Å². The zero-order chi connectivity index (χ0) is 12.4. The van der Waals surface area contributed by atoms with Crippen LogP contribution in [0.4, 0.5) is 0 Å². The number of carbonyl (C=O) groups excluding carboxylic acids is 2. The Hall–Kier alpha value is -1.52. The van der Waals surface area contributed by atoms with Crippen LogP contribution in [0.2, 0.25) is 0 Å². The van der Waals surface area contributed by atoms with Crippen molar-refractivity contribution in [3.63, 3.8) is 0 Å². The van der Waals surface area contributed by atoms with Gasteiger partial charge in [-0.05, 0) is 13.3 Å². The van der Waals surface area contributed by atoms with Crippen molar-refractivity contribution in [1.82, 2.24) is 5.32 Å². The first-order valence-corrected chi connectivity index (χ1v) is 5.34. The van der Waals surface area contributed by atoms with E-state index in [4.69, 9.17) is 9.47 Å². The van der Waals surface area contributed by atoms with E-state index in [9.17, 15) is 9.59 Å². The first kappa shape index (κ1) is 14.5. The van der Waals surface area contributed by atoms with Gasteiger partial charge < -0.3 is 14.8 Å². The maximum atomic E-state index is 11.3. The number of ether oxygens (including phenoxy) is 2. The van der Waals surface area contributed by atoms with Gasteiger partial charge in [-0.3, -0.25) is 4.79 Å². The third-order valence-electron chi connectivity index (χ3n) is 1.58. The number of hydrogen-bond donors (Lipinski definition) is 1. The number of nitrogens with one attached hydrogen (secondary N) is 1. The Bertz CT molecular complexity index is 261. The lowest BCUT2D eigenvalue weighted by Gasteiger charge is -2.08. The number of likely N-dealkylation sites (N-methyl/N-ethyl adjacent to an activating group) is 1. The van der Waals surface area contributed by atoms with Crippen LogP contribution in [0.1, 0.15) is 27.2 Å². The van der Waals surface area contributed by atoms with E-state index >= 15 is 0 Å². The summed E-state index contributed by atoms with van der Waals surface area (Å²) in [7, 11) is 0. The second-order valence-electron chi connectivity index (χ2n) is 3.15. The SMILES string of the molecule is CCCOC(=O)/C=C(/COC(C)=O)NCC. The molecule has 0 spiro atoms. The Morgan fingerprint density at radius 2 is 1.94 bits per heavy atom. The second-order valence-corrected chi connectivity index (χ2v) is 3.15. The number of carbonyl (C=O) groups is 2. The van der Waals surface area contributed by atoms with Crippen molar-refractivity contribution in [1.29, 1.82) is 0 Å². The molecule has 16 heavy (non-hydrogen) atoms. The minimum atomic E-state index is -0.426. The minimum absolute atomic E-state index is 0.0599. The predicted octanol–water partition coefficient (Wildman–Crippen LogP) is 0.996. The van der Waals surface area contributed by atoms with Crippen LogP contribution in [-0.2, 0) is 19.1 Å². The average molecular weight is 229 g/mol. The fourth-order valence-electron chi connectivity index (χ4n) is 0.937. The van der Waals surface area contributed by atoms with E-state index in [0.717, 1.165) is 6.42 Å². The quantitative estimate of drug-likeness (QED) is 0.521. The number of esters is 2. The summed E-state index contributed by atoms with van der Waals surface area (Å²) in [6, 6.07) is 0. The highest BCUT2D eigenvalue weighted by Crippen LogP contribution is 1.94. The largest absolute Gasteiger partial charge is 0.462 e. The summed E-state index contributed by atoms with van der Waals surface area (Å²) >= 11 is 0. The second kappa shape index (κ2) is 8.76. The van der Waals surface area contributed by atoms with E-state index in [1.54, 1.807) is 0 Å². The molecule has 0 unspecified atom stereocenters. The van der Waals surface area contributed by atoms with Gasteiger partial charge in [0, 0.05) is 19.5 Å². The summed E-state index contributed by atoms with van der Waals surface area (Å²) in [4.78, 5) is 21.9. The standard InChI is InChI=1S/C11H19NO4/c1-4-6-15-11(14)7-10(12-5-2)8-16-9(3)13/h7,12H,4-6,8H2,1-3H3/b10-7-. The summed E-state index contributed by atoms with van der Waals surface area (Å²) in [5.41, 5.74) is 0.541. The zero-order valence-electron chi connectivity index (χ0n) is 10.0. The predicted molar refractivity (Wildman–Crippen MR) is 59.6 cm³/mol. The van der Waals surface area contributed by atoms with Gasteiger partial charge in [0.05, 0.1) is 12.3 Å². The lowest BCUT2D eigenvalue weighted by Crippen LogP contribution is -2.20. The number of hydrogen-bond acceptors (Lipinski definition) is 5. The molecule has 5 nitrogen and oxygen atoms in total. The van der Waals surface area contributed by atoms with E-state index < -0.39 is 5.97 Å². The molecule has 0 aliphatic heterocycles. The lowest BCUT2D eigenvalue weighted by molar-refractivity contribution is -0.141. The van der Waals surface area contributed by atoms with Gasteiger partial charge in [0.1, 0.15) is 6.61 Å².